The topological polar surface area (TPSA) is 154 Å². The van der Waals surface area contributed by atoms with E-state index in [1.807, 2.05) is 12.4 Å². The fraction of sp³-hybridized carbons (Fsp3) is 0.417. The number of rotatable bonds is 10. The fourth-order valence-electron chi connectivity index (χ4n) is 7.45. The Bertz CT molecular complexity index is 1950. The Morgan fingerprint density at radius 3 is 2.59 bits per heavy atom. The summed E-state index contributed by atoms with van der Waals surface area (Å²) in [6.45, 7) is 5.83. The van der Waals surface area contributed by atoms with Gasteiger partial charge in [-0.25, -0.2) is 4.98 Å². The summed E-state index contributed by atoms with van der Waals surface area (Å²) in [4.78, 5) is 63.0. The molecule has 1 aliphatic carbocycles. The monoisotopic (exact) mass is 661 g/mol. The van der Waals surface area contributed by atoms with Gasteiger partial charge in [0.25, 0.3) is 11.8 Å². The van der Waals surface area contributed by atoms with Gasteiger partial charge < -0.3 is 10.6 Å². The third kappa shape index (κ3) is 6.31. The number of imide groups is 2. The summed E-state index contributed by atoms with van der Waals surface area (Å²) in [7, 11) is 0. The van der Waals surface area contributed by atoms with Gasteiger partial charge in [0.1, 0.15) is 6.04 Å². The molecule has 2 aromatic carbocycles. The number of piperidine rings is 1. The van der Waals surface area contributed by atoms with E-state index in [4.69, 9.17) is 4.98 Å². The van der Waals surface area contributed by atoms with E-state index >= 15 is 0 Å². The van der Waals surface area contributed by atoms with Crippen molar-refractivity contribution >= 4 is 40.3 Å². The molecule has 1 atom stereocenters. The predicted molar refractivity (Wildman–Crippen MR) is 182 cm³/mol. The van der Waals surface area contributed by atoms with Gasteiger partial charge in [-0.15, -0.1) is 0 Å². The first kappa shape index (κ1) is 31.3. The minimum absolute atomic E-state index is 0.0976. The van der Waals surface area contributed by atoms with Crippen molar-refractivity contribution in [1.82, 2.24) is 40.2 Å². The first-order valence-corrected chi connectivity index (χ1v) is 17.2. The average molecular weight is 662 g/mol. The number of anilines is 1. The number of aromatic nitrogens is 4. The van der Waals surface area contributed by atoms with E-state index in [1.165, 1.54) is 5.56 Å². The van der Waals surface area contributed by atoms with Crippen LogP contribution in [0.4, 0.5) is 5.69 Å². The third-order valence-corrected chi connectivity index (χ3v) is 10.3. The highest BCUT2D eigenvalue weighted by molar-refractivity contribution is 6.23. The lowest BCUT2D eigenvalue weighted by Gasteiger charge is -2.35. The van der Waals surface area contributed by atoms with E-state index < -0.39 is 23.8 Å². The van der Waals surface area contributed by atoms with Gasteiger partial charge in [0.05, 0.1) is 46.3 Å². The number of hydrogen-bond donors (Lipinski definition) is 3. The fourth-order valence-corrected chi connectivity index (χ4v) is 7.45. The van der Waals surface area contributed by atoms with Gasteiger partial charge in [0.15, 0.2) is 0 Å². The van der Waals surface area contributed by atoms with Crippen LogP contribution >= 0.6 is 0 Å². The van der Waals surface area contributed by atoms with Crippen molar-refractivity contribution in [3.8, 4) is 11.3 Å². The molecule has 4 aliphatic rings. The second-order valence-electron chi connectivity index (χ2n) is 13.6. The molecular weight excluding hydrogens is 622 g/mol. The van der Waals surface area contributed by atoms with Gasteiger partial charge in [-0.05, 0) is 73.9 Å². The Hall–Kier alpha value is -5.01. The zero-order valence-corrected chi connectivity index (χ0v) is 27.2. The molecule has 0 radical (unpaired) electrons. The van der Waals surface area contributed by atoms with Gasteiger partial charge in [0, 0.05) is 63.1 Å². The number of carbonyl (C=O) groups is 4. The number of nitrogens with one attached hydrogen (secondary N) is 3. The number of piperazine rings is 1. The number of fused-ring (bicyclic) bond motifs is 2. The average Bonchev–Trinajstić information content (AvgIpc) is 3.66. The number of amides is 4. The van der Waals surface area contributed by atoms with Gasteiger partial charge in [-0.3, -0.25) is 44.0 Å². The highest BCUT2D eigenvalue weighted by atomic mass is 16.2. The van der Waals surface area contributed by atoms with Crippen LogP contribution in [0, 0.1) is 5.92 Å². The van der Waals surface area contributed by atoms with Crippen LogP contribution in [0.3, 0.4) is 0 Å². The van der Waals surface area contributed by atoms with Gasteiger partial charge in [-0.1, -0.05) is 6.07 Å². The molecule has 2 aromatic heterocycles. The maximum absolute atomic E-state index is 13.1. The largest absolute Gasteiger partial charge is 0.385 e. The lowest BCUT2D eigenvalue weighted by Crippen LogP contribution is -2.54. The van der Waals surface area contributed by atoms with E-state index in [-0.39, 0.29) is 29.9 Å². The van der Waals surface area contributed by atoms with Crippen molar-refractivity contribution in [3.63, 3.8) is 0 Å². The molecule has 0 bridgehead atoms. The molecule has 3 fully saturated rings. The predicted octanol–water partition coefficient (Wildman–Crippen LogP) is 3.14. The molecule has 8 rings (SSSR count). The van der Waals surface area contributed by atoms with Gasteiger partial charge in [0.2, 0.25) is 11.8 Å². The lowest BCUT2D eigenvalue weighted by atomic mass is 9.77. The summed E-state index contributed by atoms with van der Waals surface area (Å²) >= 11 is 0. The van der Waals surface area contributed by atoms with Crippen LogP contribution in [0.2, 0.25) is 0 Å². The first-order chi connectivity index (χ1) is 23.9. The van der Waals surface area contributed by atoms with Crippen LogP contribution in [0.5, 0.6) is 0 Å². The quantitative estimate of drug-likeness (QED) is 0.171. The minimum atomic E-state index is -0.963. The van der Waals surface area contributed by atoms with Gasteiger partial charge >= 0.3 is 0 Å². The molecule has 0 spiro atoms. The molecular formula is C36H39N9O4. The van der Waals surface area contributed by atoms with E-state index in [0.29, 0.717) is 12.0 Å². The molecule has 2 saturated heterocycles. The summed E-state index contributed by atoms with van der Waals surface area (Å²) in [6.07, 6.45) is 10.2. The molecule has 252 valence electrons. The molecule has 1 saturated carbocycles. The maximum Gasteiger partial charge on any atom is 0.262 e. The standard InChI is InChI=1S/C36H39N9O4/c46-33-8-7-32(34(47)42-33)45-35(48)27-5-4-25(17-28(27)36(45)49)38-9-1-2-22-14-26(15-22)44-21-24(18-40-44)31-19-39-29-6-3-23(16-30(29)41-31)20-43-12-10-37-11-13-43/h3-6,16-19,21-22,26,32,37-38H,1-2,7-15,20H2,(H,42,46,47). The second kappa shape index (κ2) is 13.1. The van der Waals surface area contributed by atoms with Crippen molar-refractivity contribution in [1.29, 1.82) is 0 Å². The van der Waals surface area contributed by atoms with Gasteiger partial charge in [-0.2, -0.15) is 5.10 Å². The minimum Gasteiger partial charge on any atom is -0.385 e. The zero-order valence-electron chi connectivity index (χ0n) is 27.2. The number of carbonyl (C=O) groups excluding carboxylic acids is 4. The normalized spacial score (nSPS) is 22.7. The van der Waals surface area contributed by atoms with E-state index in [9.17, 15) is 19.2 Å². The molecule has 3 N–H and O–H groups in total. The van der Waals surface area contributed by atoms with Crippen LogP contribution in [-0.2, 0) is 16.1 Å². The van der Waals surface area contributed by atoms with Crippen molar-refractivity contribution < 1.29 is 19.2 Å². The summed E-state index contributed by atoms with van der Waals surface area (Å²) < 4.78 is 2.07. The highest BCUT2D eigenvalue weighted by Crippen LogP contribution is 2.40. The maximum atomic E-state index is 13.1. The SMILES string of the molecule is O=C1CCC(N2C(=O)c3ccc(NCCCC4CC(n5cc(-c6cnc7ccc(CN8CCNCC8)cc7n6)cn5)C4)cc3C2=O)C(=O)N1. The number of benzene rings is 2. The van der Waals surface area contributed by atoms with E-state index in [2.05, 4.69) is 60.0 Å². The van der Waals surface area contributed by atoms with Crippen molar-refractivity contribution in [2.75, 3.05) is 38.0 Å². The molecule has 4 amide bonds. The third-order valence-electron chi connectivity index (χ3n) is 10.3. The van der Waals surface area contributed by atoms with E-state index in [0.717, 1.165) is 97.8 Å². The lowest BCUT2D eigenvalue weighted by molar-refractivity contribution is -0.136. The van der Waals surface area contributed by atoms with Crippen molar-refractivity contribution in [2.24, 2.45) is 5.92 Å². The van der Waals surface area contributed by atoms with Crippen molar-refractivity contribution in [2.45, 2.75) is 57.2 Å². The Labute approximate surface area is 283 Å². The second-order valence-corrected chi connectivity index (χ2v) is 13.6. The summed E-state index contributed by atoms with van der Waals surface area (Å²) in [5, 5.41) is 13.7. The number of hydrogen-bond acceptors (Lipinski definition) is 10. The molecule has 3 aliphatic heterocycles. The van der Waals surface area contributed by atoms with E-state index in [1.54, 1.807) is 18.2 Å². The van der Waals surface area contributed by atoms with Crippen LogP contribution < -0.4 is 16.0 Å². The summed E-state index contributed by atoms with van der Waals surface area (Å²) in [6, 6.07) is 10.9. The van der Waals surface area contributed by atoms with Crippen LogP contribution in [0.15, 0.2) is 55.0 Å². The smallest absolute Gasteiger partial charge is 0.262 e. The molecule has 49 heavy (non-hydrogen) atoms. The Balaban J connectivity index is 0.811. The van der Waals surface area contributed by atoms with Crippen molar-refractivity contribution in [3.05, 3.63) is 71.7 Å². The molecule has 5 heterocycles. The molecule has 1 unspecified atom stereocenters. The zero-order chi connectivity index (χ0) is 33.5. The summed E-state index contributed by atoms with van der Waals surface area (Å²) in [5.41, 5.74) is 6.19. The Kier molecular flexibility index (Phi) is 8.38. The highest BCUT2D eigenvalue weighted by Gasteiger charge is 2.44. The molecule has 4 aromatic rings. The Morgan fingerprint density at radius 2 is 1.76 bits per heavy atom. The molecule has 13 heteroatoms. The molecule has 13 nitrogen and oxygen atoms in total. The summed E-state index contributed by atoms with van der Waals surface area (Å²) in [5.74, 6) is -1.37. The van der Waals surface area contributed by atoms with Crippen LogP contribution in [-0.4, -0.2) is 91.9 Å². The number of nitrogens with zero attached hydrogens (tertiary/aromatic N) is 6. The first-order valence-electron chi connectivity index (χ1n) is 17.2. The Morgan fingerprint density at radius 1 is 0.918 bits per heavy atom. The van der Waals surface area contributed by atoms with Crippen LogP contribution in [0.1, 0.15) is 70.8 Å². The van der Waals surface area contributed by atoms with Crippen LogP contribution in [0.25, 0.3) is 22.3 Å².